The first kappa shape index (κ1) is 16.7. The van der Waals surface area contributed by atoms with Gasteiger partial charge in [-0.25, -0.2) is 4.79 Å². The van der Waals surface area contributed by atoms with Gasteiger partial charge in [0, 0.05) is 0 Å². The van der Waals surface area contributed by atoms with E-state index in [4.69, 9.17) is 0 Å². The largest absolute Gasteiger partial charge is 0.478 e. The fourth-order valence-electron chi connectivity index (χ4n) is 1.69. The van der Waals surface area contributed by atoms with E-state index >= 15 is 0 Å². The van der Waals surface area contributed by atoms with E-state index in [9.17, 15) is 9.90 Å². The van der Waals surface area contributed by atoms with Gasteiger partial charge in [-0.2, -0.15) is 0 Å². The minimum Gasteiger partial charge on any atom is -0.478 e. The Morgan fingerprint density at radius 3 is 2.06 bits per heavy atom. The van der Waals surface area contributed by atoms with Crippen molar-refractivity contribution in [3.8, 4) is 0 Å². The molecule has 1 N–H and O–H groups in total. The molecule has 0 atom stereocenters. The molecule has 0 amide bonds. The Labute approximate surface area is 111 Å². The minimum absolute atomic E-state index is 0.500. The first-order valence-corrected chi connectivity index (χ1v) is 6.77. The van der Waals surface area contributed by atoms with Gasteiger partial charge in [0.25, 0.3) is 0 Å². The molecule has 0 heterocycles. The predicted molar refractivity (Wildman–Crippen MR) is 77.7 cm³/mol. The molecule has 2 nitrogen and oxygen atoms in total. The van der Waals surface area contributed by atoms with Crippen molar-refractivity contribution >= 4 is 5.97 Å². The first-order valence-electron chi connectivity index (χ1n) is 6.77. The lowest BCUT2D eigenvalue weighted by Crippen LogP contribution is -2.06. The van der Waals surface area contributed by atoms with E-state index in [1.165, 1.54) is 5.57 Å². The van der Waals surface area contributed by atoms with Gasteiger partial charge in [0.15, 0.2) is 0 Å². The molecule has 2 heteroatoms. The molecule has 0 bridgehead atoms. The maximum absolute atomic E-state index is 11.4. The van der Waals surface area contributed by atoms with E-state index in [0.717, 1.165) is 36.8 Å². The maximum atomic E-state index is 11.4. The van der Waals surface area contributed by atoms with Crippen LogP contribution < -0.4 is 0 Å². The van der Waals surface area contributed by atoms with Crippen LogP contribution in [-0.4, -0.2) is 11.1 Å². The standard InChI is InChI=1S/C16H26O2/c1-6-9-14(11-10-12(4)7-2)15(16(17)18)13(5)8-3/h10-11H,6-9H2,1-5H3,(H,17,18)/b12-10+,14-11-,15-13+. The highest BCUT2D eigenvalue weighted by Gasteiger charge is 2.14. The van der Waals surface area contributed by atoms with Crippen molar-refractivity contribution in [3.05, 3.63) is 34.4 Å². The molecule has 0 aliphatic rings. The van der Waals surface area contributed by atoms with E-state index in [1.807, 2.05) is 26.0 Å². The van der Waals surface area contributed by atoms with Gasteiger partial charge in [0.05, 0.1) is 5.57 Å². The normalized spacial score (nSPS) is 14.5. The Bertz CT molecular complexity index is 371. The van der Waals surface area contributed by atoms with Gasteiger partial charge in [-0.15, -0.1) is 0 Å². The predicted octanol–water partition coefficient (Wildman–Crippen LogP) is 4.88. The van der Waals surface area contributed by atoms with E-state index < -0.39 is 5.97 Å². The van der Waals surface area contributed by atoms with Gasteiger partial charge in [-0.3, -0.25) is 0 Å². The second-order valence-corrected chi connectivity index (χ2v) is 4.62. The van der Waals surface area contributed by atoms with Crippen LogP contribution in [-0.2, 0) is 4.79 Å². The molecular formula is C16H26O2. The summed E-state index contributed by atoms with van der Waals surface area (Å²) >= 11 is 0. The number of allylic oxidation sites excluding steroid dienone is 4. The summed E-state index contributed by atoms with van der Waals surface area (Å²) in [6.07, 6.45) is 7.56. The Morgan fingerprint density at radius 2 is 1.67 bits per heavy atom. The monoisotopic (exact) mass is 250 g/mol. The number of aliphatic carboxylic acids is 1. The van der Waals surface area contributed by atoms with Crippen LogP contribution in [0, 0.1) is 0 Å². The molecule has 0 aromatic rings. The zero-order chi connectivity index (χ0) is 14.1. The Balaban J connectivity index is 5.51. The summed E-state index contributed by atoms with van der Waals surface area (Å²) in [5.74, 6) is -0.809. The Hall–Kier alpha value is -1.31. The van der Waals surface area contributed by atoms with Crippen molar-refractivity contribution in [3.63, 3.8) is 0 Å². The van der Waals surface area contributed by atoms with E-state index in [0.29, 0.717) is 5.57 Å². The average molecular weight is 250 g/mol. The summed E-state index contributed by atoms with van der Waals surface area (Å²) in [5.41, 5.74) is 3.66. The molecule has 0 aromatic heterocycles. The number of carboxylic acid groups (broad SMARTS) is 1. The van der Waals surface area contributed by atoms with Crippen LogP contribution in [0.3, 0.4) is 0 Å². The van der Waals surface area contributed by atoms with Crippen LogP contribution in [0.25, 0.3) is 0 Å². The lowest BCUT2D eigenvalue weighted by atomic mass is 9.95. The quantitative estimate of drug-likeness (QED) is 0.516. The summed E-state index contributed by atoms with van der Waals surface area (Å²) in [7, 11) is 0. The summed E-state index contributed by atoms with van der Waals surface area (Å²) in [4.78, 5) is 11.4. The topological polar surface area (TPSA) is 37.3 Å². The van der Waals surface area contributed by atoms with Crippen molar-refractivity contribution in [1.82, 2.24) is 0 Å². The van der Waals surface area contributed by atoms with Gasteiger partial charge in [0.1, 0.15) is 0 Å². The molecular weight excluding hydrogens is 224 g/mol. The van der Waals surface area contributed by atoms with Crippen molar-refractivity contribution in [1.29, 1.82) is 0 Å². The van der Waals surface area contributed by atoms with Crippen molar-refractivity contribution < 1.29 is 9.90 Å². The molecule has 0 rings (SSSR count). The Morgan fingerprint density at radius 1 is 1.06 bits per heavy atom. The molecule has 0 saturated heterocycles. The van der Waals surface area contributed by atoms with Crippen molar-refractivity contribution in [2.24, 2.45) is 0 Å². The van der Waals surface area contributed by atoms with Crippen LogP contribution in [0.5, 0.6) is 0 Å². The zero-order valence-electron chi connectivity index (χ0n) is 12.3. The molecule has 0 aliphatic heterocycles. The summed E-state index contributed by atoms with van der Waals surface area (Å²) in [5, 5.41) is 9.37. The van der Waals surface area contributed by atoms with Gasteiger partial charge in [-0.1, -0.05) is 50.5 Å². The zero-order valence-corrected chi connectivity index (χ0v) is 12.3. The summed E-state index contributed by atoms with van der Waals surface area (Å²) in [6, 6.07) is 0. The second kappa shape index (κ2) is 8.73. The highest BCUT2D eigenvalue weighted by atomic mass is 16.4. The molecule has 102 valence electrons. The summed E-state index contributed by atoms with van der Waals surface area (Å²) < 4.78 is 0. The van der Waals surface area contributed by atoms with E-state index in [2.05, 4.69) is 20.8 Å². The van der Waals surface area contributed by atoms with Gasteiger partial charge < -0.3 is 5.11 Å². The third kappa shape index (κ3) is 5.35. The van der Waals surface area contributed by atoms with Gasteiger partial charge in [-0.05, 0) is 38.7 Å². The first-order chi connectivity index (χ1) is 8.47. The maximum Gasteiger partial charge on any atom is 0.335 e. The third-order valence-electron chi connectivity index (χ3n) is 3.14. The molecule has 0 aromatic carbocycles. The average Bonchev–Trinajstić information content (AvgIpc) is 2.34. The van der Waals surface area contributed by atoms with E-state index in [1.54, 1.807) is 0 Å². The smallest absolute Gasteiger partial charge is 0.335 e. The molecule has 0 aliphatic carbocycles. The number of carboxylic acids is 1. The molecule has 0 saturated carbocycles. The number of hydrogen-bond donors (Lipinski definition) is 1. The van der Waals surface area contributed by atoms with Crippen LogP contribution in [0.15, 0.2) is 34.4 Å². The fraction of sp³-hybridized carbons (Fsp3) is 0.562. The second-order valence-electron chi connectivity index (χ2n) is 4.62. The molecule has 18 heavy (non-hydrogen) atoms. The minimum atomic E-state index is -0.809. The number of carbonyl (C=O) groups is 1. The third-order valence-corrected chi connectivity index (χ3v) is 3.14. The van der Waals surface area contributed by atoms with Crippen LogP contribution in [0.1, 0.15) is 60.3 Å². The van der Waals surface area contributed by atoms with Crippen molar-refractivity contribution in [2.75, 3.05) is 0 Å². The highest BCUT2D eigenvalue weighted by Crippen LogP contribution is 2.22. The van der Waals surface area contributed by atoms with Crippen LogP contribution in [0.2, 0.25) is 0 Å². The highest BCUT2D eigenvalue weighted by molar-refractivity contribution is 5.92. The van der Waals surface area contributed by atoms with E-state index in [-0.39, 0.29) is 0 Å². The van der Waals surface area contributed by atoms with Gasteiger partial charge in [0.2, 0.25) is 0 Å². The van der Waals surface area contributed by atoms with Crippen LogP contribution >= 0.6 is 0 Å². The van der Waals surface area contributed by atoms with Crippen LogP contribution in [0.4, 0.5) is 0 Å². The fourth-order valence-corrected chi connectivity index (χ4v) is 1.69. The molecule has 0 spiro atoms. The Kier molecular flexibility index (Phi) is 8.10. The van der Waals surface area contributed by atoms with Crippen molar-refractivity contribution in [2.45, 2.75) is 60.3 Å². The SMILES string of the molecule is CCCC(=C/C=C(\C)CC)/C(C(=O)O)=C(/C)CC. The molecule has 0 radical (unpaired) electrons. The lowest BCUT2D eigenvalue weighted by Gasteiger charge is -2.10. The molecule has 0 unspecified atom stereocenters. The number of hydrogen-bond acceptors (Lipinski definition) is 1. The molecule has 0 fully saturated rings. The number of rotatable bonds is 7. The van der Waals surface area contributed by atoms with Gasteiger partial charge >= 0.3 is 5.97 Å². The lowest BCUT2D eigenvalue weighted by molar-refractivity contribution is -0.132. The summed E-state index contributed by atoms with van der Waals surface area (Å²) in [6.45, 7) is 10.1.